The van der Waals surface area contributed by atoms with Gasteiger partial charge in [-0.25, -0.2) is 0 Å². The molecule has 1 aliphatic carbocycles. The van der Waals surface area contributed by atoms with Crippen molar-refractivity contribution in [1.29, 1.82) is 0 Å². The molecule has 1 saturated carbocycles. The van der Waals surface area contributed by atoms with E-state index in [1.807, 2.05) is 19.1 Å². The number of hydrogen-bond donors (Lipinski definition) is 2. The molecule has 0 radical (unpaired) electrons. The average molecular weight is 341 g/mol. The summed E-state index contributed by atoms with van der Waals surface area (Å²) in [6.45, 7) is 2.41. The summed E-state index contributed by atoms with van der Waals surface area (Å²) in [5.41, 5.74) is 2.34. The Kier molecular flexibility index (Phi) is 3.98. The molecule has 2 heterocycles. The van der Waals surface area contributed by atoms with Crippen molar-refractivity contribution < 1.29 is 14.3 Å². The van der Waals surface area contributed by atoms with Crippen LogP contribution < -0.4 is 5.32 Å². The lowest BCUT2D eigenvalue weighted by molar-refractivity contribution is -0.153. The van der Waals surface area contributed by atoms with E-state index >= 15 is 0 Å². The molecular formula is C19H23N3O3. The number of esters is 1. The van der Waals surface area contributed by atoms with E-state index in [9.17, 15) is 9.59 Å². The topological polar surface area (TPSA) is 84.1 Å². The van der Waals surface area contributed by atoms with Gasteiger partial charge in [0.2, 0.25) is 5.91 Å². The lowest BCUT2D eigenvalue weighted by atomic mass is 9.75. The first-order valence-electron chi connectivity index (χ1n) is 9.01. The Balaban J connectivity index is 1.49. The van der Waals surface area contributed by atoms with Crippen molar-refractivity contribution in [3.8, 4) is 0 Å². The van der Waals surface area contributed by atoms with E-state index in [-0.39, 0.29) is 24.2 Å². The van der Waals surface area contributed by atoms with Crippen LogP contribution in [0.4, 0.5) is 0 Å². The first-order chi connectivity index (χ1) is 12.1. The summed E-state index contributed by atoms with van der Waals surface area (Å²) in [7, 11) is 0. The van der Waals surface area contributed by atoms with Crippen LogP contribution in [0.25, 0.3) is 10.9 Å². The van der Waals surface area contributed by atoms with E-state index in [4.69, 9.17) is 4.74 Å². The molecule has 2 N–H and O–H groups in total. The van der Waals surface area contributed by atoms with Crippen LogP contribution in [0, 0.1) is 12.8 Å². The van der Waals surface area contributed by atoms with Gasteiger partial charge in [-0.05, 0) is 44.7 Å². The second kappa shape index (κ2) is 6.17. The molecule has 2 aromatic rings. The number of fused-ring (bicyclic) bond motifs is 1. The van der Waals surface area contributed by atoms with E-state index < -0.39 is 5.60 Å². The molecule has 1 aromatic carbocycles. The molecule has 0 bridgehead atoms. The van der Waals surface area contributed by atoms with Gasteiger partial charge in [-0.1, -0.05) is 18.1 Å². The SMILES string of the molecule is Cc1ccc2n[nH]c(CNC(=O)[C@H]3CC(=O)OC34CCCCC4)c2c1. The number of aromatic amines is 1. The summed E-state index contributed by atoms with van der Waals surface area (Å²) in [6, 6.07) is 6.04. The number of rotatable bonds is 3. The standard InChI is InChI=1S/C19H23N3O3/c1-12-5-6-15-13(9-12)16(22-21-15)11-20-18(24)14-10-17(23)25-19(14)7-3-2-4-8-19/h5-6,9,14H,2-4,7-8,10-11H2,1H3,(H,20,24)(H,21,22)/t14-/m1/s1. The molecule has 4 rings (SSSR count). The maximum atomic E-state index is 12.8. The molecule has 0 unspecified atom stereocenters. The monoisotopic (exact) mass is 341 g/mol. The lowest BCUT2D eigenvalue weighted by Gasteiger charge is -2.36. The molecule has 2 fully saturated rings. The minimum atomic E-state index is -0.577. The lowest BCUT2D eigenvalue weighted by Crippen LogP contribution is -2.45. The van der Waals surface area contributed by atoms with Gasteiger partial charge in [-0.15, -0.1) is 0 Å². The predicted molar refractivity (Wildman–Crippen MR) is 92.7 cm³/mol. The van der Waals surface area contributed by atoms with Crippen molar-refractivity contribution in [1.82, 2.24) is 15.5 Å². The minimum Gasteiger partial charge on any atom is -0.458 e. The van der Waals surface area contributed by atoms with Crippen LogP contribution in [0.3, 0.4) is 0 Å². The van der Waals surface area contributed by atoms with Crippen LogP contribution >= 0.6 is 0 Å². The number of carbonyl (C=O) groups excluding carboxylic acids is 2. The zero-order valence-electron chi connectivity index (χ0n) is 14.4. The Morgan fingerprint density at radius 1 is 1.36 bits per heavy atom. The van der Waals surface area contributed by atoms with Gasteiger partial charge in [0.15, 0.2) is 0 Å². The zero-order chi connectivity index (χ0) is 17.4. The van der Waals surface area contributed by atoms with E-state index in [2.05, 4.69) is 21.6 Å². The molecule has 132 valence electrons. The van der Waals surface area contributed by atoms with Gasteiger partial charge in [0, 0.05) is 5.39 Å². The van der Waals surface area contributed by atoms with Crippen molar-refractivity contribution >= 4 is 22.8 Å². The van der Waals surface area contributed by atoms with Gasteiger partial charge >= 0.3 is 5.97 Å². The average Bonchev–Trinajstić information content (AvgIpc) is 3.14. The Morgan fingerprint density at radius 2 is 2.16 bits per heavy atom. The fraction of sp³-hybridized carbons (Fsp3) is 0.526. The van der Waals surface area contributed by atoms with Crippen LogP contribution in [0.5, 0.6) is 0 Å². The van der Waals surface area contributed by atoms with Crippen molar-refractivity contribution in [2.75, 3.05) is 0 Å². The second-order valence-electron chi connectivity index (χ2n) is 7.30. The summed E-state index contributed by atoms with van der Waals surface area (Å²) in [6.07, 6.45) is 4.96. The number of carbonyl (C=O) groups is 2. The molecule has 25 heavy (non-hydrogen) atoms. The first-order valence-corrected chi connectivity index (χ1v) is 9.01. The highest BCUT2D eigenvalue weighted by Crippen LogP contribution is 2.44. The van der Waals surface area contributed by atoms with Crippen LogP contribution in [-0.2, 0) is 20.9 Å². The smallest absolute Gasteiger partial charge is 0.307 e. The first kappa shape index (κ1) is 16.1. The van der Waals surface area contributed by atoms with Gasteiger partial charge < -0.3 is 10.1 Å². The number of H-pyrrole nitrogens is 1. The van der Waals surface area contributed by atoms with Crippen LogP contribution in [0.1, 0.15) is 49.8 Å². The number of benzene rings is 1. The number of nitrogens with one attached hydrogen (secondary N) is 2. The van der Waals surface area contributed by atoms with Crippen LogP contribution in [0.15, 0.2) is 18.2 Å². The predicted octanol–water partition coefficient (Wildman–Crippen LogP) is 2.75. The Labute approximate surface area is 146 Å². The van der Waals surface area contributed by atoms with Gasteiger partial charge in [0.05, 0.1) is 30.1 Å². The fourth-order valence-electron chi connectivity index (χ4n) is 4.24. The molecular weight excluding hydrogens is 318 g/mol. The van der Waals surface area contributed by atoms with E-state index in [0.717, 1.165) is 54.3 Å². The van der Waals surface area contributed by atoms with E-state index in [0.29, 0.717) is 6.54 Å². The number of amides is 1. The molecule has 2 aliphatic rings. The van der Waals surface area contributed by atoms with Crippen molar-refractivity contribution in [2.24, 2.45) is 5.92 Å². The zero-order valence-corrected chi connectivity index (χ0v) is 14.4. The summed E-state index contributed by atoms with van der Waals surface area (Å²) in [5, 5.41) is 11.3. The number of aromatic nitrogens is 2. The third-order valence-electron chi connectivity index (χ3n) is 5.57. The van der Waals surface area contributed by atoms with Crippen LogP contribution in [-0.4, -0.2) is 27.7 Å². The Morgan fingerprint density at radius 3 is 2.96 bits per heavy atom. The summed E-state index contributed by atoms with van der Waals surface area (Å²) in [5.74, 6) is -0.718. The van der Waals surface area contributed by atoms with Crippen molar-refractivity contribution in [3.05, 3.63) is 29.5 Å². The summed E-state index contributed by atoms with van der Waals surface area (Å²) >= 11 is 0. The molecule has 6 heteroatoms. The highest BCUT2D eigenvalue weighted by Gasteiger charge is 2.52. The van der Waals surface area contributed by atoms with Crippen molar-refractivity contribution in [3.63, 3.8) is 0 Å². The number of ether oxygens (including phenoxy) is 1. The number of aryl methyl sites for hydroxylation is 1. The molecule has 1 aromatic heterocycles. The fourth-order valence-corrected chi connectivity index (χ4v) is 4.24. The Bertz CT molecular complexity index is 820. The van der Waals surface area contributed by atoms with E-state index in [1.165, 1.54) is 0 Å². The largest absolute Gasteiger partial charge is 0.458 e. The quantitative estimate of drug-likeness (QED) is 0.841. The molecule has 1 spiro atoms. The van der Waals surface area contributed by atoms with Gasteiger partial charge in [-0.2, -0.15) is 5.10 Å². The third-order valence-corrected chi connectivity index (χ3v) is 5.57. The highest BCUT2D eigenvalue weighted by atomic mass is 16.6. The molecule has 1 saturated heterocycles. The number of nitrogens with zero attached hydrogens (tertiary/aromatic N) is 1. The molecule has 1 amide bonds. The third kappa shape index (κ3) is 2.90. The molecule has 1 aliphatic heterocycles. The van der Waals surface area contributed by atoms with Gasteiger partial charge in [-0.3, -0.25) is 14.7 Å². The second-order valence-corrected chi connectivity index (χ2v) is 7.30. The van der Waals surface area contributed by atoms with Crippen LogP contribution in [0.2, 0.25) is 0 Å². The highest BCUT2D eigenvalue weighted by molar-refractivity contribution is 5.88. The maximum Gasteiger partial charge on any atom is 0.307 e. The van der Waals surface area contributed by atoms with Gasteiger partial charge in [0.25, 0.3) is 0 Å². The van der Waals surface area contributed by atoms with Crippen molar-refractivity contribution in [2.45, 2.75) is 57.6 Å². The minimum absolute atomic E-state index is 0.0943. The maximum absolute atomic E-state index is 12.8. The molecule has 6 nitrogen and oxygen atoms in total. The molecule has 1 atom stereocenters. The normalized spacial score (nSPS) is 22.3. The van der Waals surface area contributed by atoms with E-state index in [1.54, 1.807) is 0 Å². The van der Waals surface area contributed by atoms with Gasteiger partial charge in [0.1, 0.15) is 5.60 Å². The number of hydrogen-bond acceptors (Lipinski definition) is 4. The summed E-state index contributed by atoms with van der Waals surface area (Å²) < 4.78 is 5.63. The summed E-state index contributed by atoms with van der Waals surface area (Å²) in [4.78, 5) is 24.6. The Hall–Kier alpha value is -2.37.